The number of nitrogens with one attached hydrogen (secondary N) is 1. The van der Waals surface area contributed by atoms with Gasteiger partial charge in [-0.2, -0.15) is 0 Å². The molecule has 3 aromatic rings. The van der Waals surface area contributed by atoms with Gasteiger partial charge >= 0.3 is 0 Å². The second kappa shape index (κ2) is 7.61. The minimum Gasteiger partial charge on any atom is -0.347 e. The van der Waals surface area contributed by atoms with Crippen LogP contribution in [-0.2, 0) is 19.4 Å². The van der Waals surface area contributed by atoms with E-state index in [1.807, 2.05) is 26.0 Å². The van der Waals surface area contributed by atoms with Gasteiger partial charge in [-0.3, -0.25) is 4.79 Å². The maximum atomic E-state index is 12.5. The number of fused-ring (bicyclic) bond motifs is 1. The first-order valence-electron chi connectivity index (χ1n) is 9.39. The number of nitrogens with zero attached hydrogens (tertiary/aromatic N) is 2. The van der Waals surface area contributed by atoms with Crippen molar-refractivity contribution in [1.82, 2.24) is 15.3 Å². The largest absolute Gasteiger partial charge is 0.347 e. The SMILES string of the molecule is Cc1ncnc(-c2ccc(CNC(=O)c3cc4c(s3)CCCC4)cc2)c1C. The highest BCUT2D eigenvalue weighted by atomic mass is 32.1. The Hall–Kier alpha value is -2.53. The molecule has 4 rings (SSSR count). The monoisotopic (exact) mass is 377 g/mol. The van der Waals surface area contributed by atoms with Crippen molar-refractivity contribution in [1.29, 1.82) is 0 Å². The summed E-state index contributed by atoms with van der Waals surface area (Å²) in [5.74, 6) is 0.0285. The van der Waals surface area contributed by atoms with Crippen molar-refractivity contribution in [2.45, 2.75) is 46.1 Å². The molecule has 0 atom stereocenters. The Bertz CT molecular complexity index is 952. The first-order chi connectivity index (χ1) is 13.1. The maximum absolute atomic E-state index is 12.5. The van der Waals surface area contributed by atoms with Crippen LogP contribution in [0.25, 0.3) is 11.3 Å². The van der Waals surface area contributed by atoms with Gasteiger partial charge in [0.1, 0.15) is 6.33 Å². The van der Waals surface area contributed by atoms with Crippen LogP contribution in [0.4, 0.5) is 0 Å². The van der Waals surface area contributed by atoms with Crippen LogP contribution in [0.2, 0.25) is 0 Å². The summed E-state index contributed by atoms with van der Waals surface area (Å²) in [5.41, 5.74) is 6.57. The zero-order valence-corrected chi connectivity index (χ0v) is 16.5. The minimum absolute atomic E-state index is 0.0285. The molecule has 4 nitrogen and oxygen atoms in total. The number of thiophene rings is 1. The summed E-state index contributed by atoms with van der Waals surface area (Å²) >= 11 is 1.66. The topological polar surface area (TPSA) is 54.9 Å². The predicted molar refractivity (Wildman–Crippen MR) is 109 cm³/mol. The molecule has 0 saturated heterocycles. The van der Waals surface area contributed by atoms with Crippen molar-refractivity contribution in [2.24, 2.45) is 0 Å². The Morgan fingerprint density at radius 2 is 1.89 bits per heavy atom. The standard InChI is InChI=1S/C22H23N3OS/c1-14-15(2)24-13-25-21(14)17-9-7-16(8-10-17)12-23-22(26)20-11-18-5-3-4-6-19(18)27-20/h7-11,13H,3-6,12H2,1-2H3,(H,23,26). The van der Waals surface area contributed by atoms with E-state index in [2.05, 4.69) is 33.5 Å². The third kappa shape index (κ3) is 3.78. The Balaban J connectivity index is 1.42. The van der Waals surface area contributed by atoms with Crippen molar-refractivity contribution < 1.29 is 4.79 Å². The van der Waals surface area contributed by atoms with E-state index in [0.29, 0.717) is 6.54 Å². The van der Waals surface area contributed by atoms with Gasteiger partial charge in [0.15, 0.2) is 0 Å². The number of aryl methyl sites for hydroxylation is 3. The van der Waals surface area contributed by atoms with Crippen LogP contribution in [0.3, 0.4) is 0 Å². The molecule has 1 N–H and O–H groups in total. The number of benzene rings is 1. The first kappa shape index (κ1) is 17.9. The maximum Gasteiger partial charge on any atom is 0.261 e. The molecule has 27 heavy (non-hydrogen) atoms. The summed E-state index contributed by atoms with van der Waals surface area (Å²) in [6.07, 6.45) is 6.32. The van der Waals surface area contributed by atoms with Crippen LogP contribution in [0.1, 0.15) is 49.8 Å². The number of amides is 1. The lowest BCUT2D eigenvalue weighted by Crippen LogP contribution is -2.21. The van der Waals surface area contributed by atoms with Crippen molar-refractivity contribution in [3.05, 3.63) is 68.8 Å². The van der Waals surface area contributed by atoms with E-state index in [1.54, 1.807) is 17.7 Å². The molecule has 0 unspecified atom stereocenters. The van der Waals surface area contributed by atoms with E-state index in [9.17, 15) is 4.79 Å². The Labute approximate surface area is 163 Å². The molecule has 1 aliphatic carbocycles. The summed E-state index contributed by atoms with van der Waals surface area (Å²) < 4.78 is 0. The fourth-order valence-corrected chi connectivity index (χ4v) is 4.65. The Morgan fingerprint density at radius 3 is 2.67 bits per heavy atom. The summed E-state index contributed by atoms with van der Waals surface area (Å²) in [6.45, 7) is 4.57. The highest BCUT2D eigenvalue weighted by molar-refractivity contribution is 7.14. The molecule has 5 heteroatoms. The lowest BCUT2D eigenvalue weighted by Gasteiger charge is -2.08. The molecule has 2 heterocycles. The smallest absolute Gasteiger partial charge is 0.261 e. The van der Waals surface area contributed by atoms with Crippen LogP contribution in [0, 0.1) is 13.8 Å². The molecule has 0 radical (unpaired) electrons. The zero-order chi connectivity index (χ0) is 18.8. The molecule has 138 valence electrons. The van der Waals surface area contributed by atoms with E-state index in [4.69, 9.17) is 0 Å². The van der Waals surface area contributed by atoms with Gasteiger partial charge in [0.2, 0.25) is 0 Å². The molecule has 1 aliphatic rings. The molecule has 0 bridgehead atoms. The van der Waals surface area contributed by atoms with Crippen molar-refractivity contribution in [2.75, 3.05) is 0 Å². The molecule has 0 spiro atoms. The summed E-state index contributed by atoms with van der Waals surface area (Å²) in [4.78, 5) is 23.4. The van der Waals surface area contributed by atoms with Crippen LogP contribution < -0.4 is 5.32 Å². The molecule has 2 aromatic heterocycles. The molecule has 1 aromatic carbocycles. The van der Waals surface area contributed by atoms with Crippen molar-refractivity contribution in [3.63, 3.8) is 0 Å². The molecule has 0 fully saturated rings. The molecule has 0 saturated carbocycles. The predicted octanol–water partition coefficient (Wildman–Crippen LogP) is 4.63. The average Bonchev–Trinajstić information content (AvgIpc) is 3.13. The number of hydrogen-bond donors (Lipinski definition) is 1. The van der Waals surface area contributed by atoms with Gasteiger partial charge in [-0.25, -0.2) is 9.97 Å². The number of rotatable bonds is 4. The van der Waals surface area contributed by atoms with Gasteiger partial charge in [-0.05, 0) is 62.3 Å². The average molecular weight is 378 g/mol. The van der Waals surface area contributed by atoms with Gasteiger partial charge in [0.05, 0.1) is 10.6 Å². The molecule has 0 aliphatic heterocycles. The second-order valence-corrected chi connectivity index (χ2v) is 8.22. The van der Waals surface area contributed by atoms with Crippen LogP contribution in [0.5, 0.6) is 0 Å². The van der Waals surface area contributed by atoms with E-state index >= 15 is 0 Å². The summed E-state index contributed by atoms with van der Waals surface area (Å²) in [6, 6.07) is 10.3. The van der Waals surface area contributed by atoms with E-state index < -0.39 is 0 Å². The van der Waals surface area contributed by atoms with Gasteiger partial charge < -0.3 is 5.32 Å². The quantitative estimate of drug-likeness (QED) is 0.721. The normalized spacial score (nSPS) is 13.3. The van der Waals surface area contributed by atoms with E-state index in [0.717, 1.165) is 45.8 Å². The van der Waals surface area contributed by atoms with Crippen molar-refractivity contribution >= 4 is 17.2 Å². The number of hydrogen-bond acceptors (Lipinski definition) is 4. The number of carbonyl (C=O) groups excluding carboxylic acids is 1. The van der Waals surface area contributed by atoms with Gasteiger partial charge in [0.25, 0.3) is 5.91 Å². The molecular formula is C22H23N3OS. The lowest BCUT2D eigenvalue weighted by atomic mass is 9.99. The van der Waals surface area contributed by atoms with Crippen LogP contribution >= 0.6 is 11.3 Å². The first-order valence-corrected chi connectivity index (χ1v) is 10.2. The lowest BCUT2D eigenvalue weighted by molar-refractivity contribution is 0.0955. The third-order valence-electron chi connectivity index (χ3n) is 5.24. The molecular weight excluding hydrogens is 354 g/mol. The van der Waals surface area contributed by atoms with Gasteiger partial charge in [-0.15, -0.1) is 11.3 Å². The summed E-state index contributed by atoms with van der Waals surface area (Å²) in [7, 11) is 0. The Kier molecular flexibility index (Phi) is 5.03. The highest BCUT2D eigenvalue weighted by Crippen LogP contribution is 2.29. The number of carbonyl (C=O) groups is 1. The fourth-order valence-electron chi connectivity index (χ4n) is 3.48. The van der Waals surface area contributed by atoms with Gasteiger partial charge in [0, 0.05) is 22.7 Å². The van der Waals surface area contributed by atoms with E-state index in [1.165, 1.54) is 23.3 Å². The third-order valence-corrected chi connectivity index (χ3v) is 6.47. The van der Waals surface area contributed by atoms with Gasteiger partial charge in [-0.1, -0.05) is 24.3 Å². The van der Waals surface area contributed by atoms with Crippen LogP contribution in [0.15, 0.2) is 36.7 Å². The highest BCUT2D eigenvalue weighted by Gasteiger charge is 2.17. The summed E-state index contributed by atoms with van der Waals surface area (Å²) in [5, 5.41) is 3.05. The van der Waals surface area contributed by atoms with E-state index in [-0.39, 0.29) is 5.91 Å². The molecule has 1 amide bonds. The Morgan fingerprint density at radius 1 is 1.11 bits per heavy atom. The fraction of sp³-hybridized carbons (Fsp3) is 0.318. The number of aromatic nitrogens is 2. The van der Waals surface area contributed by atoms with Crippen LogP contribution in [-0.4, -0.2) is 15.9 Å². The zero-order valence-electron chi connectivity index (χ0n) is 15.7. The minimum atomic E-state index is 0.0285. The second-order valence-electron chi connectivity index (χ2n) is 7.08. The van der Waals surface area contributed by atoms with Crippen molar-refractivity contribution in [3.8, 4) is 11.3 Å².